The second-order valence-electron chi connectivity index (χ2n) is 7.67. The van der Waals surface area contributed by atoms with Crippen LogP contribution in [0.5, 0.6) is 5.75 Å². The Labute approximate surface area is 171 Å². The predicted octanol–water partition coefficient (Wildman–Crippen LogP) is 2.39. The number of likely N-dealkylation sites (tertiary alicyclic amines) is 1. The molecule has 29 heavy (non-hydrogen) atoms. The molecule has 2 fully saturated rings. The highest BCUT2D eigenvalue weighted by molar-refractivity contribution is 5.89. The number of piperazine rings is 1. The summed E-state index contributed by atoms with van der Waals surface area (Å²) >= 11 is 0. The van der Waals surface area contributed by atoms with Gasteiger partial charge in [0.2, 0.25) is 11.8 Å². The van der Waals surface area contributed by atoms with Crippen LogP contribution < -0.4 is 9.64 Å². The van der Waals surface area contributed by atoms with Crippen molar-refractivity contribution in [1.82, 2.24) is 9.80 Å². The van der Waals surface area contributed by atoms with Crippen molar-refractivity contribution >= 4 is 17.5 Å². The number of amides is 2. The highest BCUT2D eigenvalue weighted by Gasteiger charge is 2.37. The maximum absolute atomic E-state index is 13.0. The van der Waals surface area contributed by atoms with Crippen LogP contribution in [0, 0.1) is 5.92 Å². The van der Waals surface area contributed by atoms with E-state index in [1.807, 2.05) is 58.3 Å². The maximum atomic E-state index is 13.0. The lowest BCUT2D eigenvalue weighted by molar-refractivity contribution is -0.136. The molecule has 0 aromatic heterocycles. The van der Waals surface area contributed by atoms with Crippen molar-refractivity contribution in [2.45, 2.75) is 13.0 Å². The first-order valence-corrected chi connectivity index (χ1v) is 10.1. The van der Waals surface area contributed by atoms with Crippen molar-refractivity contribution in [3.8, 4) is 5.75 Å². The SMILES string of the molecule is COc1cccc(N2CCN(C(=O)C3CC(=O)N(Cc4ccccc4)C3)CC2)c1. The Kier molecular flexibility index (Phi) is 5.69. The fourth-order valence-electron chi connectivity index (χ4n) is 4.14. The minimum Gasteiger partial charge on any atom is -0.497 e. The topological polar surface area (TPSA) is 53.1 Å². The smallest absolute Gasteiger partial charge is 0.228 e. The molecule has 0 saturated carbocycles. The van der Waals surface area contributed by atoms with E-state index in [2.05, 4.69) is 11.0 Å². The van der Waals surface area contributed by atoms with E-state index in [4.69, 9.17) is 4.74 Å². The van der Waals surface area contributed by atoms with Gasteiger partial charge in [0.05, 0.1) is 13.0 Å². The number of carbonyl (C=O) groups is 2. The third-order valence-electron chi connectivity index (χ3n) is 5.79. The van der Waals surface area contributed by atoms with E-state index in [1.54, 1.807) is 7.11 Å². The van der Waals surface area contributed by atoms with Crippen molar-refractivity contribution in [3.63, 3.8) is 0 Å². The lowest BCUT2D eigenvalue weighted by Gasteiger charge is -2.37. The Hall–Kier alpha value is -3.02. The molecule has 0 bridgehead atoms. The number of carbonyl (C=O) groups excluding carboxylic acids is 2. The molecule has 1 unspecified atom stereocenters. The highest BCUT2D eigenvalue weighted by atomic mass is 16.5. The molecule has 6 heteroatoms. The summed E-state index contributed by atoms with van der Waals surface area (Å²) in [6.45, 7) is 4.02. The molecule has 0 spiro atoms. The number of ether oxygens (including phenoxy) is 1. The van der Waals surface area contributed by atoms with Gasteiger partial charge in [0.1, 0.15) is 5.75 Å². The summed E-state index contributed by atoms with van der Waals surface area (Å²) in [6.07, 6.45) is 0.321. The van der Waals surface area contributed by atoms with E-state index >= 15 is 0 Å². The monoisotopic (exact) mass is 393 g/mol. The van der Waals surface area contributed by atoms with Crippen LogP contribution in [-0.4, -0.2) is 61.4 Å². The molecule has 2 aromatic rings. The van der Waals surface area contributed by atoms with Gasteiger partial charge in [0.25, 0.3) is 0 Å². The van der Waals surface area contributed by atoms with E-state index in [0.29, 0.717) is 32.6 Å². The zero-order chi connectivity index (χ0) is 20.2. The Morgan fingerprint density at radius 2 is 1.79 bits per heavy atom. The first kappa shape index (κ1) is 19.3. The van der Waals surface area contributed by atoms with Gasteiger partial charge in [0.15, 0.2) is 0 Å². The molecule has 1 atom stereocenters. The van der Waals surface area contributed by atoms with Gasteiger partial charge in [0, 0.05) is 57.4 Å². The fourth-order valence-corrected chi connectivity index (χ4v) is 4.14. The van der Waals surface area contributed by atoms with Crippen LogP contribution >= 0.6 is 0 Å². The van der Waals surface area contributed by atoms with Gasteiger partial charge in [-0.2, -0.15) is 0 Å². The quantitative estimate of drug-likeness (QED) is 0.783. The summed E-state index contributed by atoms with van der Waals surface area (Å²) in [5.74, 6) is 0.792. The normalized spacial score (nSPS) is 19.6. The summed E-state index contributed by atoms with van der Waals surface area (Å²) < 4.78 is 5.31. The van der Waals surface area contributed by atoms with Crippen molar-refractivity contribution < 1.29 is 14.3 Å². The average Bonchev–Trinajstić information content (AvgIpc) is 3.14. The molecule has 152 valence electrons. The van der Waals surface area contributed by atoms with Crippen LogP contribution in [0.4, 0.5) is 5.69 Å². The molecular formula is C23H27N3O3. The largest absolute Gasteiger partial charge is 0.497 e. The fraction of sp³-hybridized carbons (Fsp3) is 0.391. The first-order chi connectivity index (χ1) is 14.1. The third kappa shape index (κ3) is 4.36. The van der Waals surface area contributed by atoms with Crippen molar-refractivity contribution in [3.05, 3.63) is 60.2 Å². The van der Waals surface area contributed by atoms with Gasteiger partial charge < -0.3 is 19.4 Å². The summed E-state index contributed by atoms with van der Waals surface area (Å²) in [5, 5.41) is 0. The molecule has 2 aromatic carbocycles. The number of rotatable bonds is 5. The van der Waals surface area contributed by atoms with Crippen LogP contribution in [0.25, 0.3) is 0 Å². The van der Waals surface area contributed by atoms with Crippen LogP contribution in [0.1, 0.15) is 12.0 Å². The number of methoxy groups -OCH3 is 1. The van der Waals surface area contributed by atoms with Crippen LogP contribution in [0.2, 0.25) is 0 Å². The zero-order valence-electron chi connectivity index (χ0n) is 16.8. The summed E-state index contributed by atoms with van der Waals surface area (Å²) in [6, 6.07) is 17.9. The molecule has 0 aliphatic carbocycles. The molecule has 0 N–H and O–H groups in total. The van der Waals surface area contributed by atoms with Gasteiger partial charge in [-0.1, -0.05) is 36.4 Å². The van der Waals surface area contributed by atoms with Gasteiger partial charge in [-0.3, -0.25) is 9.59 Å². The first-order valence-electron chi connectivity index (χ1n) is 10.1. The minimum atomic E-state index is -0.227. The molecule has 2 aliphatic rings. The van der Waals surface area contributed by atoms with E-state index in [9.17, 15) is 9.59 Å². The summed E-state index contributed by atoms with van der Waals surface area (Å²) in [5.41, 5.74) is 2.21. The molecule has 2 heterocycles. The van der Waals surface area contributed by atoms with Gasteiger partial charge in [-0.05, 0) is 17.7 Å². The molecule has 2 saturated heterocycles. The molecule has 6 nitrogen and oxygen atoms in total. The number of benzene rings is 2. The Morgan fingerprint density at radius 3 is 2.52 bits per heavy atom. The Morgan fingerprint density at radius 1 is 1.03 bits per heavy atom. The lowest BCUT2D eigenvalue weighted by atomic mass is 10.1. The van der Waals surface area contributed by atoms with Gasteiger partial charge >= 0.3 is 0 Å². The highest BCUT2D eigenvalue weighted by Crippen LogP contribution is 2.25. The zero-order valence-corrected chi connectivity index (χ0v) is 16.8. The lowest BCUT2D eigenvalue weighted by Crippen LogP contribution is -2.50. The third-order valence-corrected chi connectivity index (χ3v) is 5.79. The molecule has 2 aliphatic heterocycles. The second-order valence-corrected chi connectivity index (χ2v) is 7.67. The molecule has 4 rings (SSSR count). The second kappa shape index (κ2) is 8.55. The van der Waals surface area contributed by atoms with Crippen LogP contribution in [0.3, 0.4) is 0 Å². The average molecular weight is 393 g/mol. The maximum Gasteiger partial charge on any atom is 0.228 e. The number of nitrogens with zero attached hydrogens (tertiary/aromatic N) is 3. The van der Waals surface area contributed by atoms with Gasteiger partial charge in [-0.25, -0.2) is 0 Å². The Balaban J connectivity index is 1.32. The van der Waals surface area contributed by atoms with E-state index in [1.165, 1.54) is 0 Å². The van der Waals surface area contributed by atoms with Gasteiger partial charge in [-0.15, -0.1) is 0 Å². The predicted molar refractivity (Wildman–Crippen MR) is 112 cm³/mol. The van der Waals surface area contributed by atoms with E-state index in [0.717, 1.165) is 30.1 Å². The van der Waals surface area contributed by atoms with Crippen LogP contribution in [0.15, 0.2) is 54.6 Å². The van der Waals surface area contributed by atoms with E-state index < -0.39 is 0 Å². The number of anilines is 1. The Bertz CT molecular complexity index is 863. The van der Waals surface area contributed by atoms with Crippen molar-refractivity contribution in [2.75, 3.05) is 44.7 Å². The molecule has 2 amide bonds. The van der Waals surface area contributed by atoms with E-state index in [-0.39, 0.29) is 17.7 Å². The van der Waals surface area contributed by atoms with Crippen molar-refractivity contribution in [1.29, 1.82) is 0 Å². The number of hydrogen-bond acceptors (Lipinski definition) is 4. The van der Waals surface area contributed by atoms with Crippen molar-refractivity contribution in [2.24, 2.45) is 5.92 Å². The molecular weight excluding hydrogens is 366 g/mol. The number of hydrogen-bond donors (Lipinski definition) is 0. The summed E-state index contributed by atoms with van der Waals surface area (Å²) in [4.78, 5) is 31.4. The van der Waals surface area contributed by atoms with Crippen LogP contribution in [-0.2, 0) is 16.1 Å². The standard InChI is InChI=1S/C23H27N3O3/c1-29-21-9-5-8-20(15-21)24-10-12-25(13-11-24)23(28)19-14-22(27)26(17-19)16-18-6-3-2-4-7-18/h2-9,15,19H,10-14,16-17H2,1H3. The summed E-state index contributed by atoms with van der Waals surface area (Å²) in [7, 11) is 1.67. The molecule has 0 radical (unpaired) electrons. The minimum absolute atomic E-state index is 0.0715.